The fourth-order valence-electron chi connectivity index (χ4n) is 3.73. The van der Waals surface area contributed by atoms with E-state index in [2.05, 4.69) is 0 Å². The maximum atomic E-state index is 11.8. The van der Waals surface area contributed by atoms with Gasteiger partial charge < -0.3 is 9.05 Å². The summed E-state index contributed by atoms with van der Waals surface area (Å²) < 4.78 is 33.9. The van der Waals surface area contributed by atoms with Gasteiger partial charge in [-0.25, -0.2) is 9.13 Å². The summed E-state index contributed by atoms with van der Waals surface area (Å²) in [6.07, 6.45) is 0.0835. The molecule has 4 N–H and O–H groups in total. The van der Waals surface area contributed by atoms with Gasteiger partial charge in [0.1, 0.15) is 11.5 Å². The van der Waals surface area contributed by atoms with Gasteiger partial charge in [-0.15, -0.1) is 0 Å². The molecular formula is C23H35LiO8P2. The Morgan fingerprint density at radius 2 is 0.971 bits per heavy atom. The molecule has 0 aliphatic rings. The van der Waals surface area contributed by atoms with E-state index in [1.165, 1.54) is 0 Å². The molecule has 0 fully saturated rings. The summed E-state index contributed by atoms with van der Waals surface area (Å²) in [5.41, 5.74) is 2.92. The average molecular weight is 508 g/mol. The first kappa shape index (κ1) is 31.0. The van der Waals surface area contributed by atoms with Crippen LogP contribution in [-0.2, 0) is 26.4 Å². The number of aryl methyl sites for hydroxylation is 2. The van der Waals surface area contributed by atoms with Gasteiger partial charge in [-0.3, -0.25) is 19.6 Å². The van der Waals surface area contributed by atoms with Crippen molar-refractivity contribution in [3.8, 4) is 11.5 Å². The van der Waals surface area contributed by atoms with Gasteiger partial charge in [0.2, 0.25) is 0 Å². The van der Waals surface area contributed by atoms with Crippen molar-refractivity contribution < 1.29 is 37.8 Å². The Balaban J connectivity index is 0.00000578. The van der Waals surface area contributed by atoms with E-state index in [1.807, 2.05) is 67.5 Å². The quantitative estimate of drug-likeness (QED) is 0.324. The van der Waals surface area contributed by atoms with Crippen molar-refractivity contribution in [2.75, 3.05) is 0 Å². The molecule has 0 bridgehead atoms. The second-order valence-electron chi connectivity index (χ2n) is 10.4. The monoisotopic (exact) mass is 508 g/mol. The predicted molar refractivity (Wildman–Crippen MR) is 135 cm³/mol. The first-order valence-electron chi connectivity index (χ1n) is 10.5. The zero-order valence-corrected chi connectivity index (χ0v) is 22.1. The van der Waals surface area contributed by atoms with Crippen molar-refractivity contribution in [3.63, 3.8) is 0 Å². The Kier molecular flexibility index (Phi) is 9.57. The van der Waals surface area contributed by atoms with Crippen molar-refractivity contribution in [1.29, 1.82) is 0 Å². The van der Waals surface area contributed by atoms with Gasteiger partial charge in [0.05, 0.1) is 0 Å². The molecule has 186 valence electrons. The van der Waals surface area contributed by atoms with E-state index in [-0.39, 0.29) is 36.8 Å². The number of phosphoric ester groups is 2. The van der Waals surface area contributed by atoms with Crippen LogP contribution in [0.15, 0.2) is 24.3 Å². The average Bonchev–Trinajstić information content (AvgIpc) is 2.55. The van der Waals surface area contributed by atoms with Crippen LogP contribution in [0.2, 0.25) is 0 Å². The van der Waals surface area contributed by atoms with Crippen LogP contribution in [0.4, 0.5) is 0 Å². The Labute approximate surface area is 213 Å². The van der Waals surface area contributed by atoms with Crippen molar-refractivity contribution in [2.45, 2.75) is 72.6 Å². The standard InChI is InChI=1S/C23H34O8P2.Li.H/c1-14-9-16(20(30-32(24,25)26)18(11-14)22(3,4)5)13-17-10-15(2)12-19(23(6,7)8)21(17)31-33(27,28)29;;/h9-12H,13H2,1-8H3,(H2,24,25,26)(H2,27,28,29);;. The van der Waals surface area contributed by atoms with Crippen LogP contribution in [0.3, 0.4) is 0 Å². The van der Waals surface area contributed by atoms with Crippen LogP contribution in [0.25, 0.3) is 0 Å². The van der Waals surface area contributed by atoms with Gasteiger partial charge in [-0.1, -0.05) is 76.9 Å². The summed E-state index contributed by atoms with van der Waals surface area (Å²) in [5.74, 6) is 0.116. The summed E-state index contributed by atoms with van der Waals surface area (Å²) in [5, 5.41) is 0. The van der Waals surface area contributed by atoms with E-state index < -0.39 is 26.5 Å². The molecule has 0 amide bonds. The summed E-state index contributed by atoms with van der Waals surface area (Å²) >= 11 is 0. The molecule has 8 nitrogen and oxygen atoms in total. The molecule has 0 unspecified atom stereocenters. The van der Waals surface area contributed by atoms with Gasteiger partial charge >= 0.3 is 34.5 Å². The van der Waals surface area contributed by atoms with Crippen LogP contribution in [0, 0.1) is 13.8 Å². The van der Waals surface area contributed by atoms with Crippen LogP contribution in [0.1, 0.15) is 74.9 Å². The van der Waals surface area contributed by atoms with Crippen LogP contribution >= 0.6 is 15.6 Å². The SMILES string of the molecule is Cc1cc(Cc2cc(C)cc(C(C)(C)C)c2OP(=O)(O)O)c(OP(=O)(O)O)c(C(C)(C)C)c1.[LiH]. The fourth-order valence-corrected chi connectivity index (χ4v) is 4.64. The van der Waals surface area contributed by atoms with Crippen molar-refractivity contribution in [2.24, 2.45) is 0 Å². The Hall–Kier alpha value is -1.06. The van der Waals surface area contributed by atoms with Gasteiger partial charge in [-0.2, -0.15) is 0 Å². The summed E-state index contributed by atoms with van der Waals surface area (Å²) in [6.45, 7) is 15.2. The first-order valence-corrected chi connectivity index (χ1v) is 13.5. The third-order valence-corrected chi connectivity index (χ3v) is 5.88. The third kappa shape index (κ3) is 8.55. The van der Waals surface area contributed by atoms with E-state index >= 15 is 0 Å². The van der Waals surface area contributed by atoms with Crippen molar-refractivity contribution in [3.05, 3.63) is 57.6 Å². The molecule has 0 radical (unpaired) electrons. The summed E-state index contributed by atoms with van der Waals surface area (Å²) in [4.78, 5) is 38.3. The molecule has 0 atom stereocenters. The molecular weight excluding hydrogens is 473 g/mol. The van der Waals surface area contributed by atoms with E-state index in [0.717, 1.165) is 11.1 Å². The van der Waals surface area contributed by atoms with Crippen molar-refractivity contribution in [1.82, 2.24) is 0 Å². The van der Waals surface area contributed by atoms with E-state index in [1.54, 1.807) is 12.1 Å². The molecule has 0 heterocycles. The summed E-state index contributed by atoms with van der Waals surface area (Å²) in [6, 6.07) is 7.14. The number of phosphoric acid groups is 2. The third-order valence-electron chi connectivity index (χ3n) is 5.04. The molecule has 2 aromatic carbocycles. The number of benzene rings is 2. The van der Waals surface area contributed by atoms with Gasteiger partial charge in [-0.05, 0) is 35.8 Å². The van der Waals surface area contributed by atoms with Crippen LogP contribution < -0.4 is 9.05 Å². The number of hydrogen-bond donors (Lipinski definition) is 4. The van der Waals surface area contributed by atoms with E-state index in [0.29, 0.717) is 22.3 Å². The topological polar surface area (TPSA) is 134 Å². The van der Waals surface area contributed by atoms with Gasteiger partial charge in [0, 0.05) is 17.5 Å². The van der Waals surface area contributed by atoms with Gasteiger partial charge in [0.25, 0.3) is 0 Å². The zero-order valence-electron chi connectivity index (χ0n) is 20.3. The second kappa shape index (κ2) is 10.5. The van der Waals surface area contributed by atoms with E-state index in [9.17, 15) is 28.7 Å². The van der Waals surface area contributed by atoms with Crippen LogP contribution in [0.5, 0.6) is 11.5 Å². The normalized spacial score (nSPS) is 12.8. The minimum absolute atomic E-state index is 0. The molecule has 2 aromatic rings. The van der Waals surface area contributed by atoms with Crippen molar-refractivity contribution >= 4 is 34.5 Å². The Bertz CT molecular complexity index is 1050. The van der Waals surface area contributed by atoms with E-state index in [4.69, 9.17) is 9.05 Å². The number of rotatable bonds is 6. The molecule has 34 heavy (non-hydrogen) atoms. The maximum absolute atomic E-state index is 11.8. The first-order chi connectivity index (χ1) is 14.7. The molecule has 11 heteroatoms. The zero-order chi connectivity index (χ0) is 25.6. The molecule has 0 spiro atoms. The Morgan fingerprint density at radius 1 is 0.676 bits per heavy atom. The fraction of sp³-hybridized carbons (Fsp3) is 0.478. The molecule has 0 saturated heterocycles. The minimum atomic E-state index is -4.88. The molecule has 2 rings (SSSR count). The molecule has 0 aliphatic heterocycles. The Morgan fingerprint density at radius 3 is 1.21 bits per heavy atom. The predicted octanol–water partition coefficient (Wildman–Crippen LogP) is 4.78. The molecule has 0 aromatic heterocycles. The van der Waals surface area contributed by atoms with Crippen LogP contribution in [-0.4, -0.2) is 38.4 Å². The molecule has 0 aliphatic carbocycles. The second-order valence-corrected chi connectivity index (χ2v) is 12.8. The summed E-state index contributed by atoms with van der Waals surface area (Å²) in [7, 11) is -9.76. The molecule has 0 saturated carbocycles. The number of hydrogen-bond acceptors (Lipinski definition) is 4. The van der Waals surface area contributed by atoms with Gasteiger partial charge in [0.15, 0.2) is 0 Å².